The minimum Gasteiger partial charge on any atom is -0.356 e. The molecule has 1 aliphatic heterocycles. The van der Waals surface area contributed by atoms with E-state index < -0.39 is 0 Å². The average Bonchev–Trinajstić information content (AvgIpc) is 3.01. The summed E-state index contributed by atoms with van der Waals surface area (Å²) in [5.41, 5.74) is 3.86. The molecule has 1 atom stereocenters. The molecule has 26 heavy (non-hydrogen) atoms. The van der Waals surface area contributed by atoms with Crippen LogP contribution in [0.1, 0.15) is 49.3 Å². The second-order valence-electron chi connectivity index (χ2n) is 6.82. The second kappa shape index (κ2) is 11.4. The van der Waals surface area contributed by atoms with Gasteiger partial charge in [-0.15, -0.1) is 24.0 Å². The van der Waals surface area contributed by atoms with Gasteiger partial charge >= 0.3 is 0 Å². The first-order valence-electron chi connectivity index (χ1n) is 9.35. The second-order valence-corrected chi connectivity index (χ2v) is 6.82. The molecule has 1 fully saturated rings. The average molecular weight is 472 g/mol. The van der Waals surface area contributed by atoms with Crippen molar-refractivity contribution in [2.45, 2.75) is 59.0 Å². The van der Waals surface area contributed by atoms with Crippen molar-refractivity contribution >= 4 is 35.8 Å². The number of nitrogens with zero attached hydrogens (tertiary/aromatic N) is 2. The largest absolute Gasteiger partial charge is 0.356 e. The first kappa shape index (κ1) is 22.7. The first-order chi connectivity index (χ1) is 12.0. The summed E-state index contributed by atoms with van der Waals surface area (Å²) in [6, 6.07) is 6.84. The van der Waals surface area contributed by atoms with Crippen molar-refractivity contribution in [1.82, 2.24) is 15.5 Å². The Morgan fingerprint density at radius 2 is 2.08 bits per heavy atom. The van der Waals surface area contributed by atoms with Gasteiger partial charge in [0.05, 0.1) is 0 Å². The highest BCUT2D eigenvalue weighted by atomic mass is 127. The van der Waals surface area contributed by atoms with E-state index in [2.05, 4.69) is 54.6 Å². The summed E-state index contributed by atoms with van der Waals surface area (Å²) in [5, 5.41) is 6.75. The number of likely N-dealkylation sites (tertiary alicyclic amines) is 1. The van der Waals surface area contributed by atoms with Crippen LogP contribution >= 0.6 is 24.0 Å². The van der Waals surface area contributed by atoms with E-state index in [1.165, 1.54) is 16.7 Å². The lowest BCUT2D eigenvalue weighted by Crippen LogP contribution is -2.41. The summed E-state index contributed by atoms with van der Waals surface area (Å²) in [4.78, 5) is 18.3. The molecular formula is C20H33IN4O. The van der Waals surface area contributed by atoms with Crippen molar-refractivity contribution in [3.05, 3.63) is 34.9 Å². The van der Waals surface area contributed by atoms with Gasteiger partial charge in [-0.25, -0.2) is 0 Å². The molecule has 0 spiro atoms. The van der Waals surface area contributed by atoms with Crippen molar-refractivity contribution in [1.29, 1.82) is 0 Å². The summed E-state index contributed by atoms with van der Waals surface area (Å²) < 4.78 is 0. The fourth-order valence-electron chi connectivity index (χ4n) is 3.44. The first-order valence-corrected chi connectivity index (χ1v) is 9.35. The van der Waals surface area contributed by atoms with Crippen LogP contribution in [-0.4, -0.2) is 42.9 Å². The normalized spacial score (nSPS) is 15.6. The number of aliphatic imine (C=N–C) groups is 1. The zero-order valence-electron chi connectivity index (χ0n) is 16.5. The van der Waals surface area contributed by atoms with Crippen LogP contribution in [0, 0.1) is 13.8 Å². The van der Waals surface area contributed by atoms with Crippen LogP contribution in [0.2, 0.25) is 0 Å². The van der Waals surface area contributed by atoms with Crippen molar-refractivity contribution in [2.75, 3.05) is 20.1 Å². The highest BCUT2D eigenvalue weighted by molar-refractivity contribution is 14.0. The minimum atomic E-state index is 0. The number of aryl methyl sites for hydroxylation is 2. The smallest absolute Gasteiger partial charge is 0.222 e. The van der Waals surface area contributed by atoms with Crippen molar-refractivity contribution in [3.8, 4) is 0 Å². The summed E-state index contributed by atoms with van der Waals surface area (Å²) in [5.74, 6) is 1.12. The monoisotopic (exact) mass is 472 g/mol. The molecule has 2 rings (SSSR count). The Morgan fingerprint density at radius 1 is 1.31 bits per heavy atom. The standard InChI is InChI=1S/C20H32N4O.HI/c1-5-18(24-12-6-7-19(24)25)10-11-22-20(21-4)23-14-17-9-8-15(2)13-16(17)3;/h8-9,13,18H,5-7,10-12,14H2,1-4H3,(H2,21,22,23);1H. The van der Waals surface area contributed by atoms with Crippen LogP contribution in [0.4, 0.5) is 0 Å². The third kappa shape index (κ3) is 6.45. The predicted octanol–water partition coefficient (Wildman–Crippen LogP) is 3.38. The third-order valence-electron chi connectivity index (χ3n) is 4.96. The SMILES string of the molecule is CCC(CCNC(=NC)NCc1ccc(C)cc1C)N1CCCC1=O.I. The van der Waals surface area contributed by atoms with Crippen molar-refractivity contribution in [2.24, 2.45) is 4.99 Å². The molecule has 5 nitrogen and oxygen atoms in total. The number of rotatable bonds is 7. The van der Waals surface area contributed by atoms with Gasteiger partial charge in [0.2, 0.25) is 5.91 Å². The number of halogens is 1. The number of carbonyl (C=O) groups is 1. The van der Waals surface area contributed by atoms with E-state index in [-0.39, 0.29) is 24.0 Å². The fraction of sp³-hybridized carbons (Fsp3) is 0.600. The predicted molar refractivity (Wildman–Crippen MR) is 119 cm³/mol. The number of nitrogens with one attached hydrogen (secondary N) is 2. The number of carbonyl (C=O) groups excluding carboxylic acids is 1. The van der Waals surface area contributed by atoms with Gasteiger partial charge in [-0.1, -0.05) is 30.7 Å². The maximum Gasteiger partial charge on any atom is 0.222 e. The molecule has 0 bridgehead atoms. The topological polar surface area (TPSA) is 56.7 Å². The van der Waals surface area contributed by atoms with E-state index in [4.69, 9.17) is 0 Å². The molecule has 1 heterocycles. The Kier molecular flexibility index (Phi) is 9.98. The summed E-state index contributed by atoms with van der Waals surface area (Å²) in [7, 11) is 1.79. The Hall–Kier alpha value is -1.31. The molecule has 6 heteroatoms. The van der Waals surface area contributed by atoms with E-state index in [1.807, 2.05) is 4.90 Å². The van der Waals surface area contributed by atoms with E-state index in [1.54, 1.807) is 7.05 Å². The molecule has 1 saturated heterocycles. The van der Waals surface area contributed by atoms with Crippen LogP contribution in [0.25, 0.3) is 0 Å². The number of guanidine groups is 1. The number of benzene rings is 1. The maximum atomic E-state index is 11.9. The molecule has 1 aliphatic rings. The summed E-state index contributed by atoms with van der Waals surface area (Å²) >= 11 is 0. The van der Waals surface area contributed by atoms with Gasteiger partial charge in [-0.3, -0.25) is 9.79 Å². The van der Waals surface area contributed by atoms with Gasteiger partial charge in [0.1, 0.15) is 0 Å². The van der Waals surface area contributed by atoms with Gasteiger partial charge in [-0.05, 0) is 44.2 Å². The van der Waals surface area contributed by atoms with Gasteiger partial charge in [-0.2, -0.15) is 0 Å². The van der Waals surface area contributed by atoms with Crippen LogP contribution in [0.15, 0.2) is 23.2 Å². The molecule has 0 saturated carbocycles. The Labute approximate surface area is 175 Å². The van der Waals surface area contributed by atoms with Gasteiger partial charge < -0.3 is 15.5 Å². The highest BCUT2D eigenvalue weighted by Crippen LogP contribution is 2.17. The molecule has 0 aromatic heterocycles. The molecule has 0 radical (unpaired) electrons. The number of hydrogen-bond donors (Lipinski definition) is 2. The number of hydrogen-bond acceptors (Lipinski definition) is 2. The van der Waals surface area contributed by atoms with Crippen molar-refractivity contribution in [3.63, 3.8) is 0 Å². The lowest BCUT2D eigenvalue weighted by molar-refractivity contribution is -0.129. The van der Waals surface area contributed by atoms with E-state index in [0.717, 1.165) is 44.9 Å². The van der Waals surface area contributed by atoms with E-state index in [0.29, 0.717) is 18.4 Å². The highest BCUT2D eigenvalue weighted by Gasteiger charge is 2.26. The van der Waals surface area contributed by atoms with Crippen LogP contribution in [0.5, 0.6) is 0 Å². The zero-order valence-corrected chi connectivity index (χ0v) is 18.8. The Morgan fingerprint density at radius 3 is 2.65 bits per heavy atom. The lowest BCUT2D eigenvalue weighted by Gasteiger charge is -2.27. The van der Waals surface area contributed by atoms with E-state index in [9.17, 15) is 4.79 Å². The molecule has 1 aromatic rings. The molecule has 0 aliphatic carbocycles. The van der Waals surface area contributed by atoms with Gasteiger partial charge in [0.25, 0.3) is 0 Å². The molecule has 1 unspecified atom stereocenters. The molecule has 1 amide bonds. The van der Waals surface area contributed by atoms with Crippen LogP contribution < -0.4 is 10.6 Å². The molecule has 1 aromatic carbocycles. The summed E-state index contributed by atoms with van der Waals surface area (Å²) in [6.45, 7) is 8.89. The lowest BCUT2D eigenvalue weighted by atomic mass is 10.1. The van der Waals surface area contributed by atoms with Crippen LogP contribution in [-0.2, 0) is 11.3 Å². The molecule has 2 N–H and O–H groups in total. The maximum absolute atomic E-state index is 11.9. The van der Waals surface area contributed by atoms with Gasteiger partial charge in [0.15, 0.2) is 5.96 Å². The fourth-order valence-corrected chi connectivity index (χ4v) is 3.44. The Bertz CT molecular complexity index is 618. The van der Waals surface area contributed by atoms with Crippen molar-refractivity contribution < 1.29 is 4.79 Å². The van der Waals surface area contributed by atoms with E-state index >= 15 is 0 Å². The third-order valence-corrected chi connectivity index (χ3v) is 4.96. The van der Waals surface area contributed by atoms with Crippen LogP contribution in [0.3, 0.4) is 0 Å². The number of amides is 1. The Balaban J connectivity index is 0.00000338. The molecular weight excluding hydrogens is 439 g/mol. The zero-order chi connectivity index (χ0) is 18.2. The minimum absolute atomic E-state index is 0. The molecule has 146 valence electrons. The quantitative estimate of drug-likeness (QED) is 0.364. The van der Waals surface area contributed by atoms with Gasteiger partial charge in [0, 0.05) is 39.1 Å². The summed E-state index contributed by atoms with van der Waals surface area (Å²) in [6.07, 6.45) is 3.67.